The maximum atomic E-state index is 11.6. The van der Waals surface area contributed by atoms with E-state index in [2.05, 4.69) is 0 Å². The number of carbonyl (C=O) groups is 1. The number of anilines is 1. The van der Waals surface area contributed by atoms with Gasteiger partial charge in [-0.05, 0) is 24.6 Å². The molecular formula is C12H16N2O3. The molecule has 1 amide bonds. The van der Waals surface area contributed by atoms with Gasteiger partial charge in [0, 0.05) is 12.5 Å². The Labute approximate surface area is 99.8 Å². The molecule has 0 fully saturated rings. The number of hydrogen-bond donors (Lipinski definition) is 2. The van der Waals surface area contributed by atoms with Gasteiger partial charge in [0.25, 0.3) is 0 Å². The van der Waals surface area contributed by atoms with Crippen molar-refractivity contribution in [1.29, 1.82) is 0 Å². The second kappa shape index (κ2) is 4.63. The zero-order valence-electron chi connectivity index (χ0n) is 9.72. The van der Waals surface area contributed by atoms with Crippen molar-refractivity contribution < 1.29 is 14.6 Å². The summed E-state index contributed by atoms with van der Waals surface area (Å²) >= 11 is 0. The van der Waals surface area contributed by atoms with Gasteiger partial charge in [0.15, 0.2) is 0 Å². The number of nitrogens with two attached hydrogens (primary N) is 1. The van der Waals surface area contributed by atoms with Crippen LogP contribution in [0.4, 0.5) is 10.5 Å². The number of hydrogen-bond acceptors (Lipinski definition) is 4. The Hall–Kier alpha value is -1.75. The lowest BCUT2D eigenvalue weighted by molar-refractivity contribution is 0.177. The van der Waals surface area contributed by atoms with Crippen LogP contribution in [0.5, 0.6) is 5.75 Å². The van der Waals surface area contributed by atoms with Crippen molar-refractivity contribution >= 4 is 11.8 Å². The zero-order valence-corrected chi connectivity index (χ0v) is 9.72. The predicted octanol–water partition coefficient (Wildman–Crippen LogP) is 1.41. The molecule has 0 spiro atoms. The van der Waals surface area contributed by atoms with Crippen LogP contribution in [0.25, 0.3) is 0 Å². The van der Waals surface area contributed by atoms with E-state index < -0.39 is 6.09 Å². The minimum Gasteiger partial charge on any atom is -0.506 e. The predicted molar refractivity (Wildman–Crippen MR) is 64.3 cm³/mol. The number of carbonyl (C=O) groups excluding carboxylic acids is 1. The number of methoxy groups -OCH3 is 1. The molecule has 3 N–H and O–H groups in total. The molecule has 17 heavy (non-hydrogen) atoms. The van der Waals surface area contributed by atoms with Gasteiger partial charge in [-0.2, -0.15) is 0 Å². The SMILES string of the molecule is COC(=O)N1CCC(CN)c2cccc(O)c21. The molecule has 1 aliphatic rings. The molecule has 0 radical (unpaired) electrons. The van der Waals surface area contributed by atoms with Crippen molar-refractivity contribution in [2.24, 2.45) is 5.73 Å². The first kappa shape index (κ1) is 11.7. The molecule has 5 nitrogen and oxygen atoms in total. The van der Waals surface area contributed by atoms with E-state index >= 15 is 0 Å². The number of benzene rings is 1. The maximum absolute atomic E-state index is 11.6. The highest BCUT2D eigenvalue weighted by molar-refractivity contribution is 5.91. The Morgan fingerprint density at radius 2 is 2.41 bits per heavy atom. The molecule has 92 valence electrons. The summed E-state index contributed by atoms with van der Waals surface area (Å²) in [5.41, 5.74) is 7.14. The molecule has 0 aromatic heterocycles. The number of rotatable bonds is 1. The Morgan fingerprint density at radius 3 is 3.06 bits per heavy atom. The van der Waals surface area contributed by atoms with Crippen LogP contribution in [0.15, 0.2) is 18.2 Å². The Balaban J connectivity index is 2.48. The van der Waals surface area contributed by atoms with Crippen molar-refractivity contribution in [2.45, 2.75) is 12.3 Å². The minimum atomic E-state index is -0.455. The molecular weight excluding hydrogens is 220 g/mol. The maximum Gasteiger partial charge on any atom is 0.414 e. The first-order valence-corrected chi connectivity index (χ1v) is 5.56. The summed E-state index contributed by atoms with van der Waals surface area (Å²) in [7, 11) is 1.33. The van der Waals surface area contributed by atoms with Crippen molar-refractivity contribution in [1.82, 2.24) is 0 Å². The van der Waals surface area contributed by atoms with Gasteiger partial charge in [-0.15, -0.1) is 0 Å². The van der Waals surface area contributed by atoms with Gasteiger partial charge >= 0.3 is 6.09 Å². The van der Waals surface area contributed by atoms with Crippen LogP contribution in [0.2, 0.25) is 0 Å². The summed E-state index contributed by atoms with van der Waals surface area (Å²) in [5, 5.41) is 9.89. The van der Waals surface area contributed by atoms with Gasteiger partial charge in [0.05, 0.1) is 12.8 Å². The van der Waals surface area contributed by atoms with Crippen LogP contribution in [-0.2, 0) is 4.74 Å². The summed E-state index contributed by atoms with van der Waals surface area (Å²) in [6, 6.07) is 5.22. The molecule has 0 bridgehead atoms. The normalized spacial score (nSPS) is 18.7. The number of nitrogens with zero attached hydrogens (tertiary/aromatic N) is 1. The van der Waals surface area contributed by atoms with Crippen LogP contribution in [-0.4, -0.2) is 31.4 Å². The largest absolute Gasteiger partial charge is 0.506 e. The average molecular weight is 236 g/mol. The molecule has 0 saturated carbocycles. The first-order valence-electron chi connectivity index (χ1n) is 5.56. The number of phenols is 1. The van der Waals surface area contributed by atoms with Gasteiger partial charge < -0.3 is 15.6 Å². The Morgan fingerprint density at radius 1 is 1.65 bits per heavy atom. The minimum absolute atomic E-state index is 0.0889. The van der Waals surface area contributed by atoms with Crippen LogP contribution < -0.4 is 10.6 Å². The van der Waals surface area contributed by atoms with Gasteiger partial charge in [0.1, 0.15) is 5.75 Å². The smallest absolute Gasteiger partial charge is 0.414 e. The standard InChI is InChI=1S/C12H16N2O3/c1-17-12(16)14-6-5-8(7-13)9-3-2-4-10(15)11(9)14/h2-4,8,15H,5-7,13H2,1H3. The van der Waals surface area contributed by atoms with Crippen molar-refractivity contribution in [2.75, 3.05) is 25.1 Å². The number of fused-ring (bicyclic) bond motifs is 1. The fourth-order valence-corrected chi connectivity index (χ4v) is 2.26. The lowest BCUT2D eigenvalue weighted by Crippen LogP contribution is -2.38. The zero-order chi connectivity index (χ0) is 12.4. The van der Waals surface area contributed by atoms with E-state index in [-0.39, 0.29) is 11.7 Å². The van der Waals surface area contributed by atoms with Crippen LogP contribution in [0, 0.1) is 0 Å². The topological polar surface area (TPSA) is 75.8 Å². The second-order valence-electron chi connectivity index (χ2n) is 4.06. The van der Waals surface area contributed by atoms with Crippen molar-refractivity contribution in [3.05, 3.63) is 23.8 Å². The lowest BCUT2D eigenvalue weighted by Gasteiger charge is -2.33. The van der Waals surface area contributed by atoms with Gasteiger partial charge in [-0.1, -0.05) is 12.1 Å². The lowest BCUT2D eigenvalue weighted by atomic mass is 9.90. The van der Waals surface area contributed by atoms with Crippen LogP contribution in [0.1, 0.15) is 17.9 Å². The highest BCUT2D eigenvalue weighted by atomic mass is 16.5. The third-order valence-electron chi connectivity index (χ3n) is 3.14. The van der Waals surface area contributed by atoms with Gasteiger partial charge in [0.2, 0.25) is 0 Å². The fraction of sp³-hybridized carbons (Fsp3) is 0.417. The number of amides is 1. The second-order valence-corrected chi connectivity index (χ2v) is 4.06. The molecule has 1 unspecified atom stereocenters. The molecule has 0 aliphatic carbocycles. The molecule has 1 aromatic carbocycles. The molecule has 5 heteroatoms. The van der Waals surface area contributed by atoms with E-state index in [4.69, 9.17) is 10.5 Å². The first-order chi connectivity index (χ1) is 8.19. The summed E-state index contributed by atoms with van der Waals surface area (Å²) in [6.07, 6.45) is 0.324. The van der Waals surface area contributed by atoms with Crippen LogP contribution in [0.3, 0.4) is 0 Å². The molecule has 1 aliphatic heterocycles. The van der Waals surface area contributed by atoms with Gasteiger partial charge in [-0.3, -0.25) is 4.90 Å². The summed E-state index contributed by atoms with van der Waals surface area (Å²) in [6.45, 7) is 1.02. The van der Waals surface area contributed by atoms with Crippen LogP contribution >= 0.6 is 0 Å². The highest BCUT2D eigenvalue weighted by Crippen LogP contribution is 2.40. The third-order valence-corrected chi connectivity index (χ3v) is 3.14. The van der Waals surface area contributed by atoms with E-state index in [0.29, 0.717) is 18.8 Å². The van der Waals surface area contributed by atoms with Crippen molar-refractivity contribution in [3.63, 3.8) is 0 Å². The molecule has 0 saturated heterocycles. The molecule has 1 heterocycles. The average Bonchev–Trinajstić information content (AvgIpc) is 2.37. The quantitative estimate of drug-likeness (QED) is 0.773. The van der Waals surface area contributed by atoms with Gasteiger partial charge in [-0.25, -0.2) is 4.79 Å². The third kappa shape index (κ3) is 1.93. The molecule has 2 rings (SSSR count). The van der Waals surface area contributed by atoms with E-state index in [1.54, 1.807) is 12.1 Å². The number of para-hydroxylation sites is 1. The van der Waals surface area contributed by atoms with Crippen molar-refractivity contribution in [3.8, 4) is 5.75 Å². The monoisotopic (exact) mass is 236 g/mol. The van der Waals surface area contributed by atoms with E-state index in [0.717, 1.165) is 12.0 Å². The Kier molecular flexibility index (Phi) is 3.19. The fourth-order valence-electron chi connectivity index (χ4n) is 2.26. The number of aromatic hydroxyl groups is 1. The Bertz CT molecular complexity index is 434. The highest BCUT2D eigenvalue weighted by Gasteiger charge is 2.30. The number of phenolic OH excluding ortho intramolecular Hbond substituents is 1. The van der Waals surface area contributed by atoms with E-state index in [1.807, 2.05) is 6.07 Å². The number of ether oxygens (including phenoxy) is 1. The summed E-state index contributed by atoms with van der Waals surface area (Å²) in [4.78, 5) is 13.1. The molecule has 1 atom stereocenters. The summed E-state index contributed by atoms with van der Waals surface area (Å²) < 4.78 is 4.72. The summed E-state index contributed by atoms with van der Waals surface area (Å²) in [5.74, 6) is 0.268. The molecule has 1 aromatic rings. The van der Waals surface area contributed by atoms with E-state index in [9.17, 15) is 9.90 Å². The van der Waals surface area contributed by atoms with E-state index in [1.165, 1.54) is 12.0 Å².